The van der Waals surface area contributed by atoms with Gasteiger partial charge in [0.05, 0.1) is 17.1 Å². The van der Waals surface area contributed by atoms with Gasteiger partial charge in [0.1, 0.15) is 5.82 Å². The first-order valence-electron chi connectivity index (χ1n) is 6.73. The van der Waals surface area contributed by atoms with E-state index < -0.39 is 11.7 Å². The zero-order valence-corrected chi connectivity index (χ0v) is 13.8. The molecule has 1 aliphatic heterocycles. The second kappa shape index (κ2) is 8.03. The number of pyridine rings is 1. The van der Waals surface area contributed by atoms with Crippen LogP contribution in [0.3, 0.4) is 0 Å². The Morgan fingerprint density at radius 2 is 1.96 bits per heavy atom. The van der Waals surface area contributed by atoms with Crippen molar-refractivity contribution in [2.75, 3.05) is 44.7 Å². The summed E-state index contributed by atoms with van der Waals surface area (Å²) < 4.78 is 37.8. The van der Waals surface area contributed by atoms with Crippen molar-refractivity contribution in [3.05, 3.63) is 22.8 Å². The zero-order chi connectivity index (χ0) is 16.3. The second-order valence-corrected chi connectivity index (χ2v) is 5.33. The molecule has 0 aromatic carbocycles. The second-order valence-electron chi connectivity index (χ2n) is 4.93. The topological polar surface area (TPSA) is 48.5 Å². The molecular weight excluding hydrogens is 356 g/mol. The molecule has 10 heteroatoms. The summed E-state index contributed by atoms with van der Waals surface area (Å²) in [5, 5.41) is 2.76. The molecule has 0 saturated carbocycles. The monoisotopic (exact) mass is 371 g/mol. The van der Waals surface area contributed by atoms with Gasteiger partial charge in [0, 0.05) is 32.4 Å². The summed E-state index contributed by atoms with van der Waals surface area (Å²) in [4.78, 5) is 19.1. The van der Waals surface area contributed by atoms with Gasteiger partial charge in [-0.05, 0) is 13.1 Å². The highest BCUT2D eigenvalue weighted by Gasteiger charge is 2.32. The number of alkyl halides is 3. The lowest BCUT2D eigenvalue weighted by Gasteiger charge is -2.35. The largest absolute Gasteiger partial charge is 1.00 e. The van der Waals surface area contributed by atoms with Gasteiger partial charge in [0.2, 0.25) is 5.91 Å². The third-order valence-corrected chi connectivity index (χ3v) is 3.69. The molecule has 2 heterocycles. The van der Waals surface area contributed by atoms with Crippen molar-refractivity contribution in [2.24, 2.45) is 0 Å². The van der Waals surface area contributed by atoms with Crippen LogP contribution < -0.4 is 22.6 Å². The number of amides is 1. The van der Waals surface area contributed by atoms with E-state index in [-0.39, 0.29) is 29.9 Å². The summed E-state index contributed by atoms with van der Waals surface area (Å²) in [6.07, 6.45) is -3.69. The van der Waals surface area contributed by atoms with Crippen LogP contribution in [-0.4, -0.2) is 55.6 Å². The van der Waals surface area contributed by atoms with Crippen molar-refractivity contribution in [1.29, 1.82) is 0 Å². The van der Waals surface area contributed by atoms with E-state index in [4.69, 9.17) is 11.6 Å². The molecule has 2 rings (SSSR count). The predicted octanol–water partition coefficient (Wildman–Crippen LogP) is -1.37. The first kappa shape index (κ1) is 19.8. The summed E-state index contributed by atoms with van der Waals surface area (Å²) in [5.74, 6) is 0.309. The van der Waals surface area contributed by atoms with Crippen LogP contribution in [0.25, 0.3) is 0 Å². The van der Waals surface area contributed by atoms with Crippen molar-refractivity contribution in [1.82, 2.24) is 15.2 Å². The summed E-state index contributed by atoms with van der Waals surface area (Å²) in [7, 11) is 1.69. The lowest BCUT2D eigenvalue weighted by Crippen LogP contribution is -3.00. The van der Waals surface area contributed by atoms with Gasteiger partial charge in [-0.15, -0.1) is 0 Å². The third-order valence-electron chi connectivity index (χ3n) is 3.41. The Balaban J connectivity index is 0.00000264. The minimum Gasteiger partial charge on any atom is -1.00 e. The molecule has 1 amide bonds. The van der Waals surface area contributed by atoms with Gasteiger partial charge in [-0.1, -0.05) is 11.6 Å². The number of aromatic nitrogens is 1. The Kier molecular flexibility index (Phi) is 6.91. The van der Waals surface area contributed by atoms with Crippen molar-refractivity contribution in [3.63, 3.8) is 0 Å². The highest BCUT2D eigenvalue weighted by Crippen LogP contribution is 2.33. The predicted molar refractivity (Wildman–Crippen MR) is 77.0 cm³/mol. The normalized spacial score (nSPS) is 15.3. The van der Waals surface area contributed by atoms with Crippen LogP contribution in [0.15, 0.2) is 12.3 Å². The molecule has 0 spiro atoms. The number of anilines is 1. The molecule has 23 heavy (non-hydrogen) atoms. The van der Waals surface area contributed by atoms with Crippen molar-refractivity contribution in [2.45, 2.75) is 6.18 Å². The number of hydrogen-bond acceptors (Lipinski definition) is 4. The third kappa shape index (κ3) is 4.86. The Morgan fingerprint density at radius 3 is 2.43 bits per heavy atom. The quantitative estimate of drug-likeness (QED) is 0.711. The highest BCUT2D eigenvalue weighted by atomic mass is 35.5. The lowest BCUT2D eigenvalue weighted by atomic mass is 10.2. The number of rotatable bonds is 3. The molecule has 0 unspecified atom stereocenters. The number of carbonyl (C=O) groups is 1. The lowest BCUT2D eigenvalue weighted by molar-refractivity contribution is -0.137. The number of hydrogen-bond donors (Lipinski definition) is 1. The number of likely N-dealkylation sites (N-methyl/N-ethyl adjacent to an activating group) is 1. The van der Waals surface area contributed by atoms with Crippen LogP contribution in [0.1, 0.15) is 5.56 Å². The van der Waals surface area contributed by atoms with E-state index in [2.05, 4.69) is 10.3 Å². The molecule has 130 valence electrons. The minimum atomic E-state index is -4.46. The van der Waals surface area contributed by atoms with Crippen LogP contribution in [-0.2, 0) is 11.0 Å². The van der Waals surface area contributed by atoms with Crippen molar-refractivity contribution in [3.8, 4) is 0 Å². The zero-order valence-electron chi connectivity index (χ0n) is 12.3. The Morgan fingerprint density at radius 1 is 1.35 bits per heavy atom. The molecule has 1 aromatic rings. The average molecular weight is 372 g/mol. The van der Waals surface area contributed by atoms with Crippen LogP contribution in [0.2, 0.25) is 5.02 Å². The Labute approximate surface area is 143 Å². The number of carbonyl (C=O) groups excluding carboxylic acids is 1. The van der Waals surface area contributed by atoms with Crippen LogP contribution in [0.4, 0.5) is 19.0 Å². The van der Waals surface area contributed by atoms with Gasteiger partial charge in [0.15, 0.2) is 0 Å². The van der Waals surface area contributed by atoms with E-state index in [1.165, 1.54) is 0 Å². The smallest absolute Gasteiger partial charge is 0.417 e. The van der Waals surface area contributed by atoms with E-state index >= 15 is 0 Å². The summed E-state index contributed by atoms with van der Waals surface area (Å²) >= 11 is 5.92. The average Bonchev–Trinajstić information content (AvgIpc) is 2.46. The van der Waals surface area contributed by atoms with E-state index in [0.29, 0.717) is 32.0 Å². The maximum absolute atomic E-state index is 12.6. The fourth-order valence-electron chi connectivity index (χ4n) is 2.25. The van der Waals surface area contributed by atoms with E-state index in [9.17, 15) is 18.0 Å². The standard InChI is InChI=1S/C13H16ClF3N4O.ClH/c1-18-8-11(22)20-2-4-21(5-3-20)12-10(14)6-9(7-19-12)13(15,16)17;/h6-7,18H,2-5,8H2,1H3;1H/p-1. The van der Waals surface area contributed by atoms with Crippen molar-refractivity contribution < 1.29 is 30.4 Å². The number of nitrogens with zero attached hydrogens (tertiary/aromatic N) is 3. The van der Waals surface area contributed by atoms with Crippen LogP contribution in [0.5, 0.6) is 0 Å². The SMILES string of the molecule is CNCC(=O)N1CCN(c2ncc(C(F)(F)F)cc2Cl)CC1.[Cl-]. The van der Waals surface area contributed by atoms with Crippen LogP contribution >= 0.6 is 11.6 Å². The minimum absolute atomic E-state index is 0. The van der Waals surface area contributed by atoms with Gasteiger partial charge in [-0.3, -0.25) is 4.79 Å². The Bertz CT molecular complexity index is 549. The Hall–Kier alpha value is -1.25. The molecule has 1 N–H and O–H groups in total. The molecule has 0 aliphatic carbocycles. The first-order chi connectivity index (χ1) is 10.3. The van der Waals surface area contributed by atoms with Gasteiger partial charge in [-0.2, -0.15) is 13.2 Å². The molecule has 0 bridgehead atoms. The van der Waals surface area contributed by atoms with Crippen LogP contribution in [0, 0.1) is 0 Å². The molecule has 1 aromatic heterocycles. The molecule has 0 atom stereocenters. The fourth-order valence-corrected chi connectivity index (χ4v) is 2.53. The van der Waals surface area contributed by atoms with Gasteiger partial charge in [-0.25, -0.2) is 4.98 Å². The number of piperazine rings is 1. The fraction of sp³-hybridized carbons (Fsp3) is 0.538. The van der Waals surface area contributed by atoms with Gasteiger partial charge >= 0.3 is 6.18 Å². The van der Waals surface area contributed by atoms with E-state index in [0.717, 1.165) is 12.3 Å². The molecular formula is C13H16Cl2F3N4O-. The van der Waals surface area contributed by atoms with Gasteiger partial charge in [0.25, 0.3) is 0 Å². The molecule has 0 radical (unpaired) electrons. The molecule has 1 fully saturated rings. The summed E-state index contributed by atoms with van der Waals surface area (Å²) in [5.41, 5.74) is -0.871. The number of nitrogens with one attached hydrogen (secondary N) is 1. The molecule has 1 saturated heterocycles. The van der Waals surface area contributed by atoms with Gasteiger partial charge < -0.3 is 27.5 Å². The maximum atomic E-state index is 12.6. The van der Waals surface area contributed by atoms with E-state index in [1.807, 2.05) is 0 Å². The van der Waals surface area contributed by atoms with Crippen molar-refractivity contribution >= 4 is 23.3 Å². The summed E-state index contributed by atoms with van der Waals surface area (Å²) in [6, 6.07) is 0.877. The molecule has 5 nitrogen and oxygen atoms in total. The first-order valence-corrected chi connectivity index (χ1v) is 7.11. The maximum Gasteiger partial charge on any atom is 0.417 e. The number of halogens is 5. The highest BCUT2D eigenvalue weighted by molar-refractivity contribution is 6.33. The molecule has 1 aliphatic rings. The van der Waals surface area contributed by atoms with E-state index in [1.54, 1.807) is 16.8 Å². The summed E-state index contributed by atoms with van der Waals surface area (Å²) in [6.45, 7) is 2.19.